The third-order valence-electron chi connectivity index (χ3n) is 3.22. The average molecular weight is 261 g/mol. The molecule has 0 aliphatic carbocycles. The molecule has 1 heterocycles. The summed E-state index contributed by atoms with van der Waals surface area (Å²) in [6.45, 7) is 4.07. The molecule has 0 saturated carbocycles. The number of fused-ring (bicyclic) bond motifs is 1. The molecule has 1 N–H and O–H groups in total. The van der Waals surface area contributed by atoms with Crippen molar-refractivity contribution in [2.75, 3.05) is 0 Å². The standard InChI is InChI=1S/C14H19N3O2/c1-4-10(5-2)16-14(18)19-11-6-7-13-12(8-11)15-9-17(13)3/h6-10H,4-5H2,1-3H3,(H,16,18). The lowest BCUT2D eigenvalue weighted by Gasteiger charge is -2.14. The van der Waals surface area contributed by atoms with Gasteiger partial charge < -0.3 is 14.6 Å². The summed E-state index contributed by atoms with van der Waals surface area (Å²) in [5, 5.41) is 2.83. The maximum absolute atomic E-state index is 11.7. The van der Waals surface area contributed by atoms with Crippen LogP contribution in [0.25, 0.3) is 11.0 Å². The van der Waals surface area contributed by atoms with Gasteiger partial charge in [0.15, 0.2) is 0 Å². The fraction of sp³-hybridized carbons (Fsp3) is 0.429. The van der Waals surface area contributed by atoms with Crippen molar-refractivity contribution in [3.63, 3.8) is 0 Å². The third-order valence-corrected chi connectivity index (χ3v) is 3.22. The fourth-order valence-electron chi connectivity index (χ4n) is 1.98. The Hall–Kier alpha value is -2.04. The molecule has 1 aromatic heterocycles. The summed E-state index contributed by atoms with van der Waals surface area (Å²) in [5.41, 5.74) is 1.82. The Balaban J connectivity index is 2.06. The summed E-state index contributed by atoms with van der Waals surface area (Å²) in [6, 6.07) is 5.59. The minimum atomic E-state index is -0.413. The van der Waals surface area contributed by atoms with E-state index in [0.717, 1.165) is 23.9 Å². The number of carbonyl (C=O) groups excluding carboxylic acids is 1. The summed E-state index contributed by atoms with van der Waals surface area (Å²) in [6.07, 6.45) is 3.11. The van der Waals surface area contributed by atoms with Gasteiger partial charge in [-0.15, -0.1) is 0 Å². The number of aromatic nitrogens is 2. The highest BCUT2D eigenvalue weighted by Gasteiger charge is 2.11. The van der Waals surface area contributed by atoms with E-state index < -0.39 is 6.09 Å². The Bertz CT molecular complexity index is 573. The topological polar surface area (TPSA) is 56.1 Å². The molecule has 1 amide bonds. The van der Waals surface area contributed by atoms with E-state index in [9.17, 15) is 4.79 Å². The lowest BCUT2D eigenvalue weighted by Crippen LogP contribution is -2.35. The first-order valence-corrected chi connectivity index (χ1v) is 6.53. The van der Waals surface area contributed by atoms with Crippen molar-refractivity contribution in [1.29, 1.82) is 0 Å². The van der Waals surface area contributed by atoms with Crippen LogP contribution in [0.1, 0.15) is 26.7 Å². The molecule has 0 saturated heterocycles. The molecule has 0 spiro atoms. The van der Waals surface area contributed by atoms with Crippen molar-refractivity contribution in [1.82, 2.24) is 14.9 Å². The molecule has 0 radical (unpaired) electrons. The lowest BCUT2D eigenvalue weighted by atomic mass is 10.2. The second-order valence-electron chi connectivity index (χ2n) is 4.55. The minimum absolute atomic E-state index is 0.158. The summed E-state index contributed by atoms with van der Waals surface area (Å²) >= 11 is 0. The Morgan fingerprint density at radius 2 is 2.16 bits per heavy atom. The van der Waals surface area contributed by atoms with E-state index in [2.05, 4.69) is 10.3 Å². The van der Waals surface area contributed by atoms with E-state index in [1.54, 1.807) is 18.5 Å². The van der Waals surface area contributed by atoms with Crippen molar-refractivity contribution in [2.45, 2.75) is 32.7 Å². The summed E-state index contributed by atoms with van der Waals surface area (Å²) in [7, 11) is 1.93. The van der Waals surface area contributed by atoms with Crippen molar-refractivity contribution in [3.8, 4) is 5.75 Å². The van der Waals surface area contributed by atoms with E-state index in [4.69, 9.17) is 4.74 Å². The SMILES string of the molecule is CCC(CC)NC(=O)Oc1ccc2c(c1)ncn2C. The molecule has 0 aliphatic heterocycles. The molecule has 0 bridgehead atoms. The predicted molar refractivity (Wildman–Crippen MR) is 74.2 cm³/mol. The van der Waals surface area contributed by atoms with Crippen LogP contribution in [0.4, 0.5) is 4.79 Å². The van der Waals surface area contributed by atoms with Gasteiger partial charge in [-0.25, -0.2) is 9.78 Å². The molecular formula is C14H19N3O2. The summed E-state index contributed by atoms with van der Waals surface area (Å²) < 4.78 is 7.19. The molecule has 0 aliphatic rings. The molecule has 0 atom stereocenters. The Labute approximate surface area is 112 Å². The van der Waals surface area contributed by atoms with Crippen molar-refractivity contribution < 1.29 is 9.53 Å². The van der Waals surface area contributed by atoms with Crippen molar-refractivity contribution >= 4 is 17.1 Å². The number of benzene rings is 1. The van der Waals surface area contributed by atoms with Gasteiger partial charge in [0.05, 0.1) is 17.4 Å². The molecule has 102 valence electrons. The Morgan fingerprint density at radius 1 is 1.42 bits per heavy atom. The minimum Gasteiger partial charge on any atom is -0.410 e. The predicted octanol–water partition coefficient (Wildman–Crippen LogP) is 2.85. The summed E-state index contributed by atoms with van der Waals surface area (Å²) in [5.74, 6) is 0.509. The number of hydrogen-bond donors (Lipinski definition) is 1. The number of aryl methyl sites for hydroxylation is 1. The number of nitrogens with one attached hydrogen (secondary N) is 1. The van der Waals surface area contributed by atoms with Gasteiger partial charge in [-0.3, -0.25) is 0 Å². The first-order valence-electron chi connectivity index (χ1n) is 6.53. The van der Waals surface area contributed by atoms with Crippen LogP contribution in [-0.2, 0) is 7.05 Å². The molecule has 1 aromatic carbocycles. The van der Waals surface area contributed by atoms with E-state index in [1.807, 2.05) is 31.5 Å². The highest BCUT2D eigenvalue weighted by atomic mass is 16.6. The molecule has 5 nitrogen and oxygen atoms in total. The van der Waals surface area contributed by atoms with E-state index in [1.165, 1.54) is 0 Å². The Morgan fingerprint density at radius 3 is 2.84 bits per heavy atom. The number of amides is 1. The van der Waals surface area contributed by atoms with Crippen LogP contribution in [0.5, 0.6) is 5.75 Å². The average Bonchev–Trinajstić information content (AvgIpc) is 2.77. The molecule has 2 aromatic rings. The molecule has 19 heavy (non-hydrogen) atoms. The van der Waals surface area contributed by atoms with Gasteiger partial charge >= 0.3 is 6.09 Å². The largest absolute Gasteiger partial charge is 0.412 e. The zero-order valence-corrected chi connectivity index (χ0v) is 11.5. The number of hydrogen-bond acceptors (Lipinski definition) is 3. The molecular weight excluding hydrogens is 242 g/mol. The van der Waals surface area contributed by atoms with Crippen LogP contribution in [0.15, 0.2) is 24.5 Å². The quantitative estimate of drug-likeness (QED) is 0.920. The summed E-state index contributed by atoms with van der Waals surface area (Å²) in [4.78, 5) is 16.0. The smallest absolute Gasteiger partial charge is 0.410 e. The maximum atomic E-state index is 11.7. The van der Waals surface area contributed by atoms with Gasteiger partial charge in [0, 0.05) is 19.2 Å². The van der Waals surface area contributed by atoms with Crippen LogP contribution >= 0.6 is 0 Å². The fourth-order valence-corrected chi connectivity index (χ4v) is 1.98. The Kier molecular flexibility index (Phi) is 4.04. The second kappa shape index (κ2) is 5.73. The van der Waals surface area contributed by atoms with Crippen LogP contribution in [0.2, 0.25) is 0 Å². The zero-order chi connectivity index (χ0) is 13.8. The van der Waals surface area contributed by atoms with Crippen LogP contribution in [0.3, 0.4) is 0 Å². The van der Waals surface area contributed by atoms with Crippen LogP contribution in [-0.4, -0.2) is 21.7 Å². The first kappa shape index (κ1) is 13.4. The van der Waals surface area contributed by atoms with E-state index >= 15 is 0 Å². The van der Waals surface area contributed by atoms with E-state index in [0.29, 0.717) is 5.75 Å². The first-order chi connectivity index (χ1) is 9.13. The van der Waals surface area contributed by atoms with E-state index in [-0.39, 0.29) is 6.04 Å². The van der Waals surface area contributed by atoms with Gasteiger partial charge in [-0.05, 0) is 25.0 Å². The van der Waals surface area contributed by atoms with Crippen LogP contribution in [0, 0.1) is 0 Å². The molecule has 0 unspecified atom stereocenters. The molecule has 5 heteroatoms. The molecule has 0 fully saturated rings. The van der Waals surface area contributed by atoms with Gasteiger partial charge in [0.2, 0.25) is 0 Å². The highest BCUT2D eigenvalue weighted by Crippen LogP contribution is 2.19. The van der Waals surface area contributed by atoms with Gasteiger partial charge in [0.1, 0.15) is 5.75 Å². The number of rotatable bonds is 4. The van der Waals surface area contributed by atoms with Crippen LogP contribution < -0.4 is 10.1 Å². The zero-order valence-electron chi connectivity index (χ0n) is 11.5. The normalized spacial score (nSPS) is 10.9. The highest BCUT2D eigenvalue weighted by molar-refractivity contribution is 5.78. The maximum Gasteiger partial charge on any atom is 0.412 e. The van der Waals surface area contributed by atoms with Crippen molar-refractivity contribution in [3.05, 3.63) is 24.5 Å². The lowest BCUT2D eigenvalue weighted by molar-refractivity contribution is 0.195. The second-order valence-corrected chi connectivity index (χ2v) is 4.55. The van der Waals surface area contributed by atoms with Gasteiger partial charge in [-0.1, -0.05) is 13.8 Å². The number of imidazole rings is 1. The van der Waals surface area contributed by atoms with Crippen molar-refractivity contribution in [2.24, 2.45) is 7.05 Å². The number of ether oxygens (including phenoxy) is 1. The van der Waals surface area contributed by atoms with Gasteiger partial charge in [-0.2, -0.15) is 0 Å². The van der Waals surface area contributed by atoms with Gasteiger partial charge in [0.25, 0.3) is 0 Å². The monoisotopic (exact) mass is 261 g/mol. The third kappa shape index (κ3) is 3.05. The molecule has 2 rings (SSSR count). The number of carbonyl (C=O) groups is 1. The number of nitrogens with zero attached hydrogens (tertiary/aromatic N) is 2.